The van der Waals surface area contributed by atoms with Gasteiger partial charge in [-0.15, -0.1) is 0 Å². The summed E-state index contributed by atoms with van der Waals surface area (Å²) < 4.78 is 0. The summed E-state index contributed by atoms with van der Waals surface area (Å²) in [6.07, 6.45) is 0.835. The zero-order valence-electron chi connectivity index (χ0n) is 12.2. The predicted octanol–water partition coefficient (Wildman–Crippen LogP) is 3.47. The summed E-state index contributed by atoms with van der Waals surface area (Å²) in [6, 6.07) is 6.70. The van der Waals surface area contributed by atoms with Crippen LogP contribution in [-0.4, -0.2) is 23.3 Å². The van der Waals surface area contributed by atoms with E-state index in [4.69, 9.17) is 0 Å². The number of aliphatic hydroxyl groups excluding tert-OH is 1. The van der Waals surface area contributed by atoms with Crippen molar-refractivity contribution in [2.24, 2.45) is 0 Å². The Morgan fingerprint density at radius 2 is 2.11 bits per heavy atom. The van der Waals surface area contributed by atoms with E-state index in [0.717, 1.165) is 6.42 Å². The molecule has 0 saturated carbocycles. The third-order valence-electron chi connectivity index (χ3n) is 3.99. The van der Waals surface area contributed by atoms with Crippen molar-refractivity contribution in [3.63, 3.8) is 0 Å². The summed E-state index contributed by atoms with van der Waals surface area (Å²) in [4.78, 5) is 2.38. The third-order valence-corrected chi connectivity index (χ3v) is 3.99. The molecule has 1 heterocycles. The van der Waals surface area contributed by atoms with Gasteiger partial charge in [-0.2, -0.15) is 0 Å². The monoisotopic (exact) mass is 247 g/mol. The second-order valence-electron chi connectivity index (χ2n) is 6.44. The van der Waals surface area contributed by atoms with Crippen LogP contribution in [0.1, 0.15) is 51.2 Å². The van der Waals surface area contributed by atoms with Crippen molar-refractivity contribution >= 4 is 5.69 Å². The fraction of sp³-hybridized carbons (Fsp3) is 0.625. The summed E-state index contributed by atoms with van der Waals surface area (Å²) in [5.74, 6) is 0.584. The van der Waals surface area contributed by atoms with E-state index < -0.39 is 0 Å². The zero-order valence-corrected chi connectivity index (χ0v) is 12.2. The van der Waals surface area contributed by atoms with Crippen molar-refractivity contribution in [1.29, 1.82) is 0 Å². The molecule has 1 N–H and O–H groups in total. The minimum absolute atomic E-state index is 0.108. The van der Waals surface area contributed by atoms with Gasteiger partial charge in [-0.3, -0.25) is 0 Å². The van der Waals surface area contributed by atoms with Gasteiger partial charge in [0.05, 0.1) is 6.10 Å². The quantitative estimate of drug-likeness (QED) is 0.865. The standard InChI is InChI=1S/C16H25NO/c1-11-6-7-14-12(2)9-16(4,5)17(10-13(3)18)15(14)8-11/h6-8,12-13,18H,9-10H2,1-5H3. The molecule has 0 amide bonds. The Balaban J connectivity index is 2.49. The first kappa shape index (κ1) is 13.4. The Kier molecular flexibility index (Phi) is 3.41. The normalized spacial score (nSPS) is 23.7. The minimum Gasteiger partial charge on any atom is -0.392 e. The first-order valence-corrected chi connectivity index (χ1v) is 6.87. The fourth-order valence-electron chi connectivity index (χ4n) is 3.21. The van der Waals surface area contributed by atoms with Crippen molar-refractivity contribution in [3.05, 3.63) is 29.3 Å². The van der Waals surface area contributed by atoms with E-state index in [-0.39, 0.29) is 11.6 Å². The Morgan fingerprint density at radius 1 is 1.44 bits per heavy atom. The van der Waals surface area contributed by atoms with E-state index in [0.29, 0.717) is 12.5 Å². The average molecular weight is 247 g/mol. The van der Waals surface area contributed by atoms with Crippen molar-refractivity contribution in [3.8, 4) is 0 Å². The Bertz CT molecular complexity index is 437. The first-order valence-electron chi connectivity index (χ1n) is 6.87. The number of anilines is 1. The molecule has 2 heteroatoms. The molecule has 1 aromatic carbocycles. The zero-order chi connectivity index (χ0) is 13.5. The van der Waals surface area contributed by atoms with Crippen LogP contribution in [0.3, 0.4) is 0 Å². The van der Waals surface area contributed by atoms with Crippen LogP contribution in [0.5, 0.6) is 0 Å². The van der Waals surface area contributed by atoms with Crippen LogP contribution in [0.2, 0.25) is 0 Å². The van der Waals surface area contributed by atoms with Gasteiger partial charge in [0.2, 0.25) is 0 Å². The number of rotatable bonds is 2. The van der Waals surface area contributed by atoms with Crippen LogP contribution < -0.4 is 4.90 Å². The lowest BCUT2D eigenvalue weighted by atomic mass is 9.79. The average Bonchev–Trinajstić information content (AvgIpc) is 2.23. The molecule has 0 saturated heterocycles. The lowest BCUT2D eigenvalue weighted by molar-refractivity contribution is 0.187. The lowest BCUT2D eigenvalue weighted by Crippen LogP contribution is -2.51. The highest BCUT2D eigenvalue weighted by atomic mass is 16.3. The van der Waals surface area contributed by atoms with Crippen LogP contribution in [0.25, 0.3) is 0 Å². The number of hydrogen-bond donors (Lipinski definition) is 1. The predicted molar refractivity (Wildman–Crippen MR) is 77.3 cm³/mol. The van der Waals surface area contributed by atoms with Crippen LogP contribution in [-0.2, 0) is 0 Å². The van der Waals surface area contributed by atoms with Crippen LogP contribution in [0.15, 0.2) is 18.2 Å². The van der Waals surface area contributed by atoms with Gasteiger partial charge < -0.3 is 10.0 Å². The highest BCUT2D eigenvalue weighted by Crippen LogP contribution is 2.43. The van der Waals surface area contributed by atoms with E-state index in [1.54, 1.807) is 0 Å². The molecule has 18 heavy (non-hydrogen) atoms. The van der Waals surface area contributed by atoms with E-state index in [9.17, 15) is 5.11 Å². The van der Waals surface area contributed by atoms with Gasteiger partial charge in [0.25, 0.3) is 0 Å². The van der Waals surface area contributed by atoms with Crippen molar-refractivity contribution in [1.82, 2.24) is 0 Å². The summed E-state index contributed by atoms with van der Waals surface area (Å²) in [5.41, 5.74) is 4.12. The molecule has 2 nitrogen and oxygen atoms in total. The van der Waals surface area contributed by atoms with Crippen LogP contribution in [0, 0.1) is 6.92 Å². The van der Waals surface area contributed by atoms with Crippen LogP contribution >= 0.6 is 0 Å². The van der Waals surface area contributed by atoms with E-state index >= 15 is 0 Å². The molecule has 2 rings (SSSR count). The number of hydrogen-bond acceptors (Lipinski definition) is 2. The van der Waals surface area contributed by atoms with Crippen molar-refractivity contribution in [2.45, 2.75) is 58.6 Å². The van der Waals surface area contributed by atoms with E-state index in [1.807, 2.05) is 6.92 Å². The summed E-state index contributed by atoms with van der Waals surface area (Å²) >= 11 is 0. The van der Waals surface area contributed by atoms with Gasteiger partial charge in [-0.25, -0.2) is 0 Å². The van der Waals surface area contributed by atoms with Gasteiger partial charge in [0.1, 0.15) is 0 Å². The highest BCUT2D eigenvalue weighted by Gasteiger charge is 2.36. The molecule has 0 spiro atoms. The first-order chi connectivity index (χ1) is 8.31. The Hall–Kier alpha value is -1.02. The highest BCUT2D eigenvalue weighted by molar-refractivity contribution is 5.61. The maximum absolute atomic E-state index is 9.76. The molecule has 0 aliphatic carbocycles. The van der Waals surface area contributed by atoms with Crippen molar-refractivity contribution in [2.75, 3.05) is 11.4 Å². The van der Waals surface area contributed by atoms with Crippen molar-refractivity contribution < 1.29 is 5.11 Å². The Morgan fingerprint density at radius 3 is 2.72 bits per heavy atom. The molecule has 2 unspecified atom stereocenters. The smallest absolute Gasteiger partial charge is 0.0687 e. The van der Waals surface area contributed by atoms with Gasteiger partial charge in [0, 0.05) is 17.8 Å². The number of β-amino-alcohol motifs (C(OH)–C–C–N with tert-alkyl or cyclic N) is 1. The minimum atomic E-state index is -0.300. The topological polar surface area (TPSA) is 23.5 Å². The molecular formula is C16H25NO. The van der Waals surface area contributed by atoms with Gasteiger partial charge in [0.15, 0.2) is 0 Å². The molecule has 1 aromatic rings. The number of benzene rings is 1. The van der Waals surface area contributed by atoms with Crippen LogP contribution in [0.4, 0.5) is 5.69 Å². The molecular weight excluding hydrogens is 222 g/mol. The molecule has 2 atom stereocenters. The number of nitrogens with zero attached hydrogens (tertiary/aromatic N) is 1. The maximum atomic E-state index is 9.76. The molecule has 1 aliphatic heterocycles. The molecule has 1 aliphatic rings. The SMILES string of the molecule is Cc1ccc2c(c1)N(CC(C)O)C(C)(C)CC2C. The number of aliphatic hydroxyl groups is 1. The number of fused-ring (bicyclic) bond motifs is 1. The fourth-order valence-corrected chi connectivity index (χ4v) is 3.21. The molecule has 0 radical (unpaired) electrons. The molecule has 100 valence electrons. The largest absolute Gasteiger partial charge is 0.392 e. The molecule has 0 bridgehead atoms. The molecule has 0 fully saturated rings. The lowest BCUT2D eigenvalue weighted by Gasteiger charge is -2.48. The van der Waals surface area contributed by atoms with Gasteiger partial charge in [-0.05, 0) is 57.2 Å². The second-order valence-corrected chi connectivity index (χ2v) is 6.44. The van der Waals surface area contributed by atoms with E-state index in [1.165, 1.54) is 16.8 Å². The molecule has 0 aromatic heterocycles. The third kappa shape index (κ3) is 2.39. The second kappa shape index (κ2) is 4.58. The Labute approximate surface area is 111 Å². The van der Waals surface area contributed by atoms with E-state index in [2.05, 4.69) is 50.8 Å². The summed E-state index contributed by atoms with van der Waals surface area (Å²) in [7, 11) is 0. The maximum Gasteiger partial charge on any atom is 0.0687 e. The van der Waals surface area contributed by atoms with Gasteiger partial charge in [-0.1, -0.05) is 19.1 Å². The van der Waals surface area contributed by atoms with Gasteiger partial charge >= 0.3 is 0 Å². The summed E-state index contributed by atoms with van der Waals surface area (Å²) in [5, 5.41) is 9.76. The number of aryl methyl sites for hydroxylation is 1. The summed E-state index contributed by atoms with van der Waals surface area (Å²) in [6.45, 7) is 11.6.